The van der Waals surface area contributed by atoms with Crippen LogP contribution < -0.4 is 5.73 Å². The maximum Gasteiger partial charge on any atom is 0.0755 e. The number of hydrogen-bond donors (Lipinski definition) is 1. The topological polar surface area (TPSA) is 38.9 Å². The molecule has 0 amide bonds. The van der Waals surface area contributed by atoms with E-state index in [2.05, 4.69) is 4.98 Å². The van der Waals surface area contributed by atoms with Crippen LogP contribution in [-0.4, -0.2) is 4.98 Å². The standard InChI is InChI=1S/C17H15ClN2/c1-17(19,13-7-3-8-14(18)11-13)15-9-2-5-12-6-4-10-20-16(12)15/h2-11H,19H2,1H3. The van der Waals surface area contributed by atoms with Crippen LogP contribution in [0.1, 0.15) is 18.1 Å². The molecule has 0 saturated heterocycles. The van der Waals surface area contributed by atoms with Crippen molar-refractivity contribution in [1.82, 2.24) is 4.98 Å². The third kappa shape index (κ3) is 2.17. The quantitative estimate of drug-likeness (QED) is 0.768. The van der Waals surface area contributed by atoms with Gasteiger partial charge < -0.3 is 5.73 Å². The zero-order valence-electron chi connectivity index (χ0n) is 11.2. The molecule has 0 saturated carbocycles. The Kier molecular flexibility index (Phi) is 3.20. The number of nitrogens with two attached hydrogens (primary N) is 1. The predicted octanol–water partition coefficient (Wildman–Crippen LogP) is 4.11. The fourth-order valence-electron chi connectivity index (χ4n) is 2.49. The Hall–Kier alpha value is -1.90. The van der Waals surface area contributed by atoms with Crippen LogP contribution in [0.15, 0.2) is 60.8 Å². The van der Waals surface area contributed by atoms with Crippen molar-refractivity contribution in [2.24, 2.45) is 5.73 Å². The molecule has 3 rings (SSSR count). The first kappa shape index (κ1) is 13.1. The van der Waals surface area contributed by atoms with Crippen LogP contribution in [0.2, 0.25) is 5.02 Å². The smallest absolute Gasteiger partial charge is 0.0755 e. The van der Waals surface area contributed by atoms with Crippen LogP contribution in [0.5, 0.6) is 0 Å². The van der Waals surface area contributed by atoms with Gasteiger partial charge in [0.05, 0.1) is 11.1 Å². The lowest BCUT2D eigenvalue weighted by atomic mass is 9.84. The Morgan fingerprint density at radius 2 is 1.80 bits per heavy atom. The van der Waals surface area contributed by atoms with E-state index < -0.39 is 5.54 Å². The second-order valence-corrected chi connectivity index (χ2v) is 5.53. The molecule has 0 aliphatic rings. The number of rotatable bonds is 2. The fraction of sp³-hybridized carbons (Fsp3) is 0.118. The Morgan fingerprint density at radius 1 is 1.05 bits per heavy atom. The fourth-order valence-corrected chi connectivity index (χ4v) is 2.68. The average Bonchev–Trinajstić information content (AvgIpc) is 2.46. The highest BCUT2D eigenvalue weighted by atomic mass is 35.5. The van der Waals surface area contributed by atoms with E-state index in [0.717, 1.165) is 22.0 Å². The minimum absolute atomic E-state index is 0.640. The summed E-state index contributed by atoms with van der Waals surface area (Å²) in [5.74, 6) is 0. The molecule has 2 nitrogen and oxygen atoms in total. The normalized spacial score (nSPS) is 14.2. The van der Waals surface area contributed by atoms with Crippen molar-refractivity contribution in [2.45, 2.75) is 12.5 Å². The van der Waals surface area contributed by atoms with Gasteiger partial charge in [0.25, 0.3) is 0 Å². The molecule has 0 spiro atoms. The van der Waals surface area contributed by atoms with Crippen molar-refractivity contribution >= 4 is 22.5 Å². The number of aromatic nitrogens is 1. The first-order valence-electron chi connectivity index (χ1n) is 6.48. The van der Waals surface area contributed by atoms with Gasteiger partial charge in [0.1, 0.15) is 0 Å². The first-order valence-corrected chi connectivity index (χ1v) is 6.86. The van der Waals surface area contributed by atoms with Crippen LogP contribution >= 0.6 is 11.6 Å². The van der Waals surface area contributed by atoms with Gasteiger partial charge >= 0.3 is 0 Å². The van der Waals surface area contributed by atoms with Gasteiger partial charge in [0, 0.05) is 22.2 Å². The van der Waals surface area contributed by atoms with Crippen molar-refractivity contribution in [3.63, 3.8) is 0 Å². The molecule has 3 aromatic rings. The van der Waals surface area contributed by atoms with Crippen LogP contribution in [0.4, 0.5) is 0 Å². The molecule has 1 unspecified atom stereocenters. The molecule has 0 radical (unpaired) electrons. The number of pyridine rings is 1. The van der Waals surface area contributed by atoms with Gasteiger partial charge in [-0.15, -0.1) is 0 Å². The summed E-state index contributed by atoms with van der Waals surface area (Å²) in [5.41, 5.74) is 8.86. The van der Waals surface area contributed by atoms with E-state index in [9.17, 15) is 0 Å². The van der Waals surface area contributed by atoms with Gasteiger partial charge in [-0.25, -0.2) is 0 Å². The van der Waals surface area contributed by atoms with E-state index in [1.54, 1.807) is 6.20 Å². The van der Waals surface area contributed by atoms with Gasteiger partial charge in [-0.1, -0.05) is 48.0 Å². The molecule has 3 heteroatoms. The molecule has 1 heterocycles. The lowest BCUT2D eigenvalue weighted by Crippen LogP contribution is -2.34. The molecule has 0 aliphatic carbocycles. The Bertz CT molecular complexity index is 760. The number of benzene rings is 2. The van der Waals surface area contributed by atoms with Gasteiger partial charge in [-0.05, 0) is 30.7 Å². The van der Waals surface area contributed by atoms with Crippen LogP contribution in [0.25, 0.3) is 10.9 Å². The van der Waals surface area contributed by atoms with Crippen LogP contribution in [0, 0.1) is 0 Å². The summed E-state index contributed by atoms with van der Waals surface area (Å²) < 4.78 is 0. The van der Waals surface area contributed by atoms with Crippen molar-refractivity contribution < 1.29 is 0 Å². The molecule has 0 aliphatic heterocycles. The zero-order valence-corrected chi connectivity index (χ0v) is 11.9. The maximum atomic E-state index is 6.60. The highest BCUT2D eigenvalue weighted by Gasteiger charge is 2.26. The van der Waals surface area contributed by atoms with E-state index >= 15 is 0 Å². The lowest BCUT2D eigenvalue weighted by molar-refractivity contribution is 0.607. The average molecular weight is 283 g/mol. The number of halogens is 1. The number of fused-ring (bicyclic) bond motifs is 1. The van der Waals surface area contributed by atoms with Crippen molar-refractivity contribution in [2.75, 3.05) is 0 Å². The van der Waals surface area contributed by atoms with E-state index in [1.165, 1.54) is 0 Å². The highest BCUT2D eigenvalue weighted by molar-refractivity contribution is 6.30. The SMILES string of the molecule is CC(N)(c1cccc(Cl)c1)c1cccc2cccnc12. The van der Waals surface area contributed by atoms with E-state index in [-0.39, 0.29) is 0 Å². The molecule has 2 N–H and O–H groups in total. The summed E-state index contributed by atoms with van der Waals surface area (Å²) >= 11 is 6.09. The Labute approximate surface area is 123 Å². The summed E-state index contributed by atoms with van der Waals surface area (Å²) in [6.45, 7) is 1.99. The molecule has 2 aromatic carbocycles. The van der Waals surface area contributed by atoms with Crippen LogP contribution in [-0.2, 0) is 5.54 Å². The minimum atomic E-state index is -0.640. The maximum absolute atomic E-state index is 6.60. The number of nitrogens with zero attached hydrogens (tertiary/aromatic N) is 1. The van der Waals surface area contributed by atoms with E-state index in [1.807, 2.05) is 61.5 Å². The monoisotopic (exact) mass is 282 g/mol. The first-order chi connectivity index (χ1) is 9.59. The minimum Gasteiger partial charge on any atom is -0.318 e. The molecule has 1 atom stereocenters. The van der Waals surface area contributed by atoms with Gasteiger partial charge in [0.2, 0.25) is 0 Å². The third-order valence-electron chi connectivity index (χ3n) is 3.62. The van der Waals surface area contributed by atoms with Gasteiger partial charge in [0.15, 0.2) is 0 Å². The Balaban J connectivity index is 2.23. The summed E-state index contributed by atoms with van der Waals surface area (Å²) in [4.78, 5) is 4.48. The number of para-hydroxylation sites is 1. The summed E-state index contributed by atoms with van der Waals surface area (Å²) in [7, 11) is 0. The van der Waals surface area contributed by atoms with Gasteiger partial charge in [-0.3, -0.25) is 4.98 Å². The molecule has 0 fully saturated rings. The van der Waals surface area contributed by atoms with Gasteiger partial charge in [-0.2, -0.15) is 0 Å². The second kappa shape index (κ2) is 4.89. The lowest BCUT2D eigenvalue weighted by Gasteiger charge is -2.27. The highest BCUT2D eigenvalue weighted by Crippen LogP contribution is 2.32. The molecule has 20 heavy (non-hydrogen) atoms. The van der Waals surface area contributed by atoms with E-state index in [0.29, 0.717) is 5.02 Å². The molecule has 100 valence electrons. The summed E-state index contributed by atoms with van der Waals surface area (Å²) in [6.07, 6.45) is 1.79. The zero-order chi connectivity index (χ0) is 14.2. The molecular formula is C17H15ClN2. The number of hydrogen-bond acceptors (Lipinski definition) is 2. The predicted molar refractivity (Wildman–Crippen MR) is 83.8 cm³/mol. The third-order valence-corrected chi connectivity index (χ3v) is 3.85. The summed E-state index contributed by atoms with van der Waals surface area (Å²) in [5, 5.41) is 1.77. The van der Waals surface area contributed by atoms with Crippen molar-refractivity contribution in [1.29, 1.82) is 0 Å². The summed E-state index contributed by atoms with van der Waals surface area (Å²) in [6, 6.07) is 17.7. The van der Waals surface area contributed by atoms with Crippen LogP contribution in [0.3, 0.4) is 0 Å². The van der Waals surface area contributed by atoms with Crippen molar-refractivity contribution in [3.05, 3.63) is 76.9 Å². The van der Waals surface area contributed by atoms with E-state index in [4.69, 9.17) is 17.3 Å². The van der Waals surface area contributed by atoms with Crippen molar-refractivity contribution in [3.8, 4) is 0 Å². The molecule has 1 aromatic heterocycles. The largest absolute Gasteiger partial charge is 0.318 e. The Morgan fingerprint density at radius 3 is 2.60 bits per heavy atom. The second-order valence-electron chi connectivity index (χ2n) is 5.09. The molecular weight excluding hydrogens is 268 g/mol. The molecule has 0 bridgehead atoms.